The van der Waals surface area contributed by atoms with Crippen LogP contribution >= 0.6 is 0 Å². The lowest BCUT2D eigenvalue weighted by molar-refractivity contribution is -0.147. The minimum absolute atomic E-state index is 0.106. The third-order valence-corrected chi connectivity index (χ3v) is 3.82. The number of esters is 1. The Bertz CT molecular complexity index is 609. The molecule has 0 unspecified atom stereocenters. The summed E-state index contributed by atoms with van der Waals surface area (Å²) < 4.78 is 10.5. The normalized spacial score (nSPS) is 10.9. The van der Waals surface area contributed by atoms with Crippen LogP contribution in [0.1, 0.15) is 52.0 Å². The van der Waals surface area contributed by atoms with E-state index in [1.807, 2.05) is 51.1 Å². The van der Waals surface area contributed by atoms with Gasteiger partial charge in [0.05, 0.1) is 6.61 Å². The second kappa shape index (κ2) is 11.2. The number of aliphatic carboxylic acids is 1. The van der Waals surface area contributed by atoms with E-state index in [1.54, 1.807) is 0 Å². The first-order chi connectivity index (χ1) is 12.7. The van der Waals surface area contributed by atoms with Crippen molar-refractivity contribution in [3.63, 3.8) is 0 Å². The monoisotopic (exact) mass is 379 g/mol. The van der Waals surface area contributed by atoms with E-state index >= 15 is 0 Å². The Hall–Kier alpha value is -2.57. The summed E-state index contributed by atoms with van der Waals surface area (Å²) in [5, 5.41) is 8.59. The number of unbranched alkanes of at least 4 members (excludes halogenated alkanes) is 2. The molecule has 7 nitrogen and oxygen atoms in total. The number of ether oxygens (including phenoxy) is 2. The van der Waals surface area contributed by atoms with E-state index in [2.05, 4.69) is 0 Å². The average Bonchev–Trinajstić information content (AvgIpc) is 2.60. The van der Waals surface area contributed by atoms with Crippen molar-refractivity contribution in [3.05, 3.63) is 35.9 Å². The lowest BCUT2D eigenvalue weighted by Gasteiger charge is -2.33. The first kappa shape index (κ1) is 22.5. The van der Waals surface area contributed by atoms with Crippen LogP contribution in [0.4, 0.5) is 4.79 Å². The number of carboxylic acids is 1. The van der Waals surface area contributed by atoms with E-state index in [9.17, 15) is 14.4 Å². The largest absolute Gasteiger partial charge is 0.481 e. The van der Waals surface area contributed by atoms with Crippen LogP contribution in [0.3, 0.4) is 0 Å². The number of hydrogen-bond donors (Lipinski definition) is 1. The summed E-state index contributed by atoms with van der Waals surface area (Å²) in [6.07, 6.45) is 1.30. The van der Waals surface area contributed by atoms with Gasteiger partial charge in [-0.15, -0.1) is 0 Å². The molecule has 0 atom stereocenters. The lowest BCUT2D eigenvalue weighted by Crippen LogP contribution is -2.48. The Kier molecular flexibility index (Phi) is 9.33. The summed E-state index contributed by atoms with van der Waals surface area (Å²) in [5.41, 5.74) is 0.267. The number of amides is 1. The van der Waals surface area contributed by atoms with Crippen molar-refractivity contribution < 1.29 is 29.0 Å². The third kappa shape index (κ3) is 9.63. The van der Waals surface area contributed by atoms with Crippen molar-refractivity contribution in [3.8, 4) is 0 Å². The van der Waals surface area contributed by atoms with Gasteiger partial charge in [0.15, 0.2) is 0 Å². The summed E-state index contributed by atoms with van der Waals surface area (Å²) in [7, 11) is 0. The molecule has 0 spiro atoms. The predicted octanol–water partition coefficient (Wildman–Crippen LogP) is 3.61. The fraction of sp³-hybridized carbons (Fsp3) is 0.550. The second-order valence-corrected chi connectivity index (χ2v) is 7.22. The maximum Gasteiger partial charge on any atom is 0.410 e. The van der Waals surface area contributed by atoms with E-state index in [1.165, 1.54) is 4.90 Å². The van der Waals surface area contributed by atoms with E-state index in [4.69, 9.17) is 14.6 Å². The average molecular weight is 379 g/mol. The Labute approximate surface area is 160 Å². The summed E-state index contributed by atoms with van der Waals surface area (Å²) >= 11 is 0. The summed E-state index contributed by atoms with van der Waals surface area (Å²) in [6, 6.07) is 9.31. The maximum atomic E-state index is 12.3. The van der Waals surface area contributed by atoms with Crippen molar-refractivity contribution in [1.82, 2.24) is 4.90 Å². The summed E-state index contributed by atoms with van der Waals surface area (Å²) in [6.45, 7) is 5.57. The fourth-order valence-corrected chi connectivity index (χ4v) is 2.28. The molecular formula is C20H29NO6. The van der Waals surface area contributed by atoms with Crippen LogP contribution < -0.4 is 0 Å². The molecule has 0 radical (unpaired) electrons. The Morgan fingerprint density at radius 1 is 1.00 bits per heavy atom. The third-order valence-electron chi connectivity index (χ3n) is 3.82. The van der Waals surface area contributed by atoms with Crippen LogP contribution in [0.2, 0.25) is 0 Å². The highest BCUT2D eigenvalue weighted by Crippen LogP contribution is 2.15. The molecule has 0 saturated heterocycles. The highest BCUT2D eigenvalue weighted by atomic mass is 16.6. The molecule has 27 heavy (non-hydrogen) atoms. The maximum absolute atomic E-state index is 12.3. The lowest BCUT2D eigenvalue weighted by atomic mass is 10.1. The van der Waals surface area contributed by atoms with Gasteiger partial charge in [0.25, 0.3) is 0 Å². The number of nitrogens with zero attached hydrogens (tertiary/aromatic N) is 1. The van der Waals surface area contributed by atoms with Crippen molar-refractivity contribution in [1.29, 1.82) is 0 Å². The molecule has 7 heteroatoms. The van der Waals surface area contributed by atoms with Crippen molar-refractivity contribution in [2.75, 3.05) is 13.2 Å². The Morgan fingerprint density at radius 3 is 2.26 bits per heavy atom. The number of carboxylic acid groups (broad SMARTS) is 1. The van der Waals surface area contributed by atoms with Gasteiger partial charge < -0.3 is 14.6 Å². The molecule has 1 rings (SSSR count). The number of carbonyl (C=O) groups excluding carboxylic acids is 2. The molecule has 1 aromatic rings. The Morgan fingerprint density at radius 2 is 1.67 bits per heavy atom. The minimum atomic E-state index is -0.833. The van der Waals surface area contributed by atoms with Gasteiger partial charge in [-0.25, -0.2) is 4.79 Å². The highest BCUT2D eigenvalue weighted by Gasteiger charge is 2.30. The molecule has 1 amide bonds. The van der Waals surface area contributed by atoms with Gasteiger partial charge in [0, 0.05) is 12.0 Å². The van der Waals surface area contributed by atoms with E-state index < -0.39 is 23.6 Å². The van der Waals surface area contributed by atoms with Crippen LogP contribution in [0.15, 0.2) is 30.3 Å². The van der Waals surface area contributed by atoms with Gasteiger partial charge >= 0.3 is 18.0 Å². The molecule has 0 fully saturated rings. The quantitative estimate of drug-likeness (QED) is 0.493. The molecule has 0 aromatic heterocycles. The topological polar surface area (TPSA) is 93.1 Å². The first-order valence-electron chi connectivity index (χ1n) is 9.06. The summed E-state index contributed by atoms with van der Waals surface area (Å²) in [4.78, 5) is 36.3. The van der Waals surface area contributed by atoms with Crippen molar-refractivity contribution >= 4 is 18.0 Å². The molecule has 0 saturated carbocycles. The molecule has 0 heterocycles. The number of carbonyl (C=O) groups is 3. The first-order valence-corrected chi connectivity index (χ1v) is 9.06. The zero-order chi connectivity index (χ0) is 20.3. The van der Waals surface area contributed by atoms with Gasteiger partial charge in [-0.1, -0.05) is 30.3 Å². The fourth-order valence-electron chi connectivity index (χ4n) is 2.28. The number of benzene rings is 1. The molecule has 1 N–H and O–H groups in total. The SMILES string of the molecule is CC(C)(C)N(CC(=O)OCc1ccccc1)C(=O)OCCCCCC(=O)O. The molecule has 0 aliphatic rings. The van der Waals surface area contributed by atoms with Gasteiger partial charge in [0.1, 0.15) is 13.2 Å². The van der Waals surface area contributed by atoms with Gasteiger partial charge in [-0.3, -0.25) is 14.5 Å². The van der Waals surface area contributed by atoms with Gasteiger partial charge in [-0.05, 0) is 45.6 Å². The van der Waals surface area contributed by atoms with Gasteiger partial charge in [0.2, 0.25) is 0 Å². The van der Waals surface area contributed by atoms with Crippen LogP contribution in [-0.2, 0) is 25.7 Å². The highest BCUT2D eigenvalue weighted by molar-refractivity contribution is 5.78. The number of rotatable bonds is 10. The van der Waals surface area contributed by atoms with Crippen LogP contribution in [0.5, 0.6) is 0 Å². The van der Waals surface area contributed by atoms with Gasteiger partial charge in [-0.2, -0.15) is 0 Å². The van der Waals surface area contributed by atoms with Crippen LogP contribution in [0.25, 0.3) is 0 Å². The molecule has 0 aliphatic heterocycles. The second-order valence-electron chi connectivity index (χ2n) is 7.22. The van der Waals surface area contributed by atoms with E-state index in [0.717, 1.165) is 5.56 Å². The number of hydrogen-bond acceptors (Lipinski definition) is 5. The minimum Gasteiger partial charge on any atom is -0.481 e. The summed E-state index contributed by atoms with van der Waals surface area (Å²) in [5.74, 6) is -1.34. The van der Waals surface area contributed by atoms with E-state index in [0.29, 0.717) is 19.3 Å². The zero-order valence-corrected chi connectivity index (χ0v) is 16.3. The molecular weight excluding hydrogens is 350 g/mol. The molecule has 1 aromatic carbocycles. The smallest absolute Gasteiger partial charge is 0.410 e. The standard InChI is InChI=1S/C20H29NO6/c1-20(2,3)21(19(25)26-13-9-5-8-12-17(22)23)14-18(24)27-15-16-10-6-4-7-11-16/h4,6-7,10-11H,5,8-9,12-15H2,1-3H3,(H,22,23). The predicted molar refractivity (Wildman–Crippen MR) is 100 cm³/mol. The molecule has 0 aliphatic carbocycles. The molecule has 150 valence electrons. The zero-order valence-electron chi connectivity index (χ0n) is 16.3. The van der Waals surface area contributed by atoms with Crippen molar-refractivity contribution in [2.45, 2.75) is 58.6 Å². The molecule has 0 bridgehead atoms. The van der Waals surface area contributed by atoms with Crippen molar-refractivity contribution in [2.24, 2.45) is 0 Å². The Balaban J connectivity index is 2.43. The van der Waals surface area contributed by atoms with E-state index in [-0.39, 0.29) is 26.2 Å². The van der Waals surface area contributed by atoms with Crippen LogP contribution in [-0.4, -0.2) is 46.7 Å². The van der Waals surface area contributed by atoms with Crippen LogP contribution in [0, 0.1) is 0 Å².